The predicted molar refractivity (Wildman–Crippen MR) is 66.3 cm³/mol. The molecule has 2 N–H and O–H groups in total. The molecule has 0 radical (unpaired) electrons. The van der Waals surface area contributed by atoms with Gasteiger partial charge in [-0.2, -0.15) is 0 Å². The highest BCUT2D eigenvalue weighted by atomic mass is 16.5. The van der Waals surface area contributed by atoms with Gasteiger partial charge in [-0.25, -0.2) is 9.78 Å². The summed E-state index contributed by atoms with van der Waals surface area (Å²) < 4.78 is 5.25. The summed E-state index contributed by atoms with van der Waals surface area (Å²) in [5, 5.41) is 5.39. The topological polar surface area (TPSA) is 79.4 Å². The highest BCUT2D eigenvalue weighted by Crippen LogP contribution is 1.97. The van der Waals surface area contributed by atoms with Crippen molar-refractivity contribution in [1.82, 2.24) is 20.2 Å². The number of nitrogens with zero attached hydrogens (tertiary/aromatic N) is 3. The number of hydrogen-bond acceptors (Lipinski definition) is 5. The standard InChI is InChI=1S/C11H17N5O2/c17-11(15-10-9-12-1-2-13-10)14-3-4-16-5-7-18-8-6-16/h1-2,9H,3-8H2,(H2,13,14,15,17). The Morgan fingerprint density at radius 2 is 2.22 bits per heavy atom. The Bertz CT molecular complexity index is 367. The maximum Gasteiger partial charge on any atom is 0.320 e. The van der Waals surface area contributed by atoms with Gasteiger partial charge in [0, 0.05) is 38.6 Å². The van der Waals surface area contributed by atoms with E-state index in [1.165, 1.54) is 12.4 Å². The lowest BCUT2D eigenvalue weighted by atomic mass is 10.4. The minimum Gasteiger partial charge on any atom is -0.379 e. The molecule has 0 spiro atoms. The third kappa shape index (κ3) is 4.27. The molecule has 2 amide bonds. The zero-order valence-electron chi connectivity index (χ0n) is 10.1. The van der Waals surface area contributed by atoms with Crippen LogP contribution in [0, 0.1) is 0 Å². The van der Waals surface area contributed by atoms with Crippen LogP contribution in [0.1, 0.15) is 0 Å². The van der Waals surface area contributed by atoms with Crippen molar-refractivity contribution < 1.29 is 9.53 Å². The number of hydrogen-bond donors (Lipinski definition) is 2. The van der Waals surface area contributed by atoms with Crippen molar-refractivity contribution in [1.29, 1.82) is 0 Å². The lowest BCUT2D eigenvalue weighted by Crippen LogP contribution is -2.42. The first-order valence-electron chi connectivity index (χ1n) is 5.95. The number of aromatic nitrogens is 2. The van der Waals surface area contributed by atoms with Crippen LogP contribution in [0.3, 0.4) is 0 Å². The number of rotatable bonds is 4. The minimum atomic E-state index is -0.260. The molecule has 0 bridgehead atoms. The average molecular weight is 251 g/mol. The number of anilines is 1. The van der Waals surface area contributed by atoms with Gasteiger partial charge in [0.15, 0.2) is 5.82 Å². The van der Waals surface area contributed by atoms with Crippen molar-refractivity contribution in [3.63, 3.8) is 0 Å². The Hall–Kier alpha value is -1.73. The molecule has 0 aromatic carbocycles. The SMILES string of the molecule is O=C(NCCN1CCOCC1)Nc1cnccn1. The van der Waals surface area contributed by atoms with Crippen LogP contribution in [-0.4, -0.2) is 60.3 Å². The monoisotopic (exact) mass is 251 g/mol. The van der Waals surface area contributed by atoms with E-state index < -0.39 is 0 Å². The molecule has 2 heterocycles. The molecule has 1 aliphatic rings. The Morgan fingerprint density at radius 3 is 2.94 bits per heavy atom. The fourth-order valence-electron chi connectivity index (χ4n) is 1.68. The Balaban J connectivity index is 1.62. The van der Waals surface area contributed by atoms with Gasteiger partial charge in [-0.15, -0.1) is 0 Å². The minimum absolute atomic E-state index is 0.260. The molecule has 0 atom stereocenters. The Labute approximate surface area is 106 Å². The van der Waals surface area contributed by atoms with E-state index in [0.29, 0.717) is 12.4 Å². The zero-order chi connectivity index (χ0) is 12.6. The van der Waals surface area contributed by atoms with Crippen LogP contribution in [-0.2, 0) is 4.74 Å². The van der Waals surface area contributed by atoms with E-state index in [2.05, 4.69) is 25.5 Å². The van der Waals surface area contributed by atoms with Crippen LogP contribution < -0.4 is 10.6 Å². The normalized spacial score (nSPS) is 16.2. The van der Waals surface area contributed by atoms with Gasteiger partial charge in [0.2, 0.25) is 0 Å². The summed E-state index contributed by atoms with van der Waals surface area (Å²) in [6.07, 6.45) is 4.59. The lowest BCUT2D eigenvalue weighted by molar-refractivity contribution is 0.0388. The van der Waals surface area contributed by atoms with Crippen molar-refractivity contribution in [2.75, 3.05) is 44.7 Å². The van der Waals surface area contributed by atoms with Gasteiger partial charge in [0.1, 0.15) is 0 Å². The summed E-state index contributed by atoms with van der Waals surface area (Å²) in [5.41, 5.74) is 0. The quantitative estimate of drug-likeness (QED) is 0.783. The van der Waals surface area contributed by atoms with Gasteiger partial charge in [-0.05, 0) is 0 Å². The summed E-state index contributed by atoms with van der Waals surface area (Å²) >= 11 is 0. The molecule has 7 nitrogen and oxygen atoms in total. The van der Waals surface area contributed by atoms with Crippen LogP contribution in [0.4, 0.5) is 10.6 Å². The number of carbonyl (C=O) groups is 1. The fourth-order valence-corrected chi connectivity index (χ4v) is 1.68. The number of amides is 2. The number of nitrogens with one attached hydrogen (secondary N) is 2. The van der Waals surface area contributed by atoms with E-state index in [9.17, 15) is 4.79 Å². The molecule has 7 heteroatoms. The molecular weight excluding hydrogens is 234 g/mol. The second-order valence-electron chi connectivity index (χ2n) is 3.93. The van der Waals surface area contributed by atoms with Crippen LogP contribution in [0.2, 0.25) is 0 Å². The molecule has 2 rings (SSSR count). The van der Waals surface area contributed by atoms with Crippen molar-refractivity contribution in [3.8, 4) is 0 Å². The Morgan fingerprint density at radius 1 is 1.39 bits per heavy atom. The van der Waals surface area contributed by atoms with Gasteiger partial charge < -0.3 is 10.1 Å². The molecule has 1 aliphatic heterocycles. The molecule has 0 saturated carbocycles. The number of morpholine rings is 1. The maximum atomic E-state index is 11.5. The smallest absolute Gasteiger partial charge is 0.320 e. The highest BCUT2D eigenvalue weighted by molar-refractivity contribution is 5.87. The largest absolute Gasteiger partial charge is 0.379 e. The van der Waals surface area contributed by atoms with Crippen LogP contribution in [0.15, 0.2) is 18.6 Å². The van der Waals surface area contributed by atoms with Gasteiger partial charge in [0.05, 0.1) is 19.4 Å². The molecule has 1 aromatic rings. The van der Waals surface area contributed by atoms with Gasteiger partial charge in [-0.3, -0.25) is 15.2 Å². The molecule has 1 saturated heterocycles. The molecule has 18 heavy (non-hydrogen) atoms. The van der Waals surface area contributed by atoms with Crippen molar-refractivity contribution >= 4 is 11.8 Å². The molecule has 1 fully saturated rings. The molecular formula is C11H17N5O2. The summed E-state index contributed by atoms with van der Waals surface area (Å²) in [5.74, 6) is 0.446. The van der Waals surface area contributed by atoms with Gasteiger partial charge >= 0.3 is 6.03 Å². The van der Waals surface area contributed by atoms with E-state index in [1.54, 1.807) is 6.20 Å². The van der Waals surface area contributed by atoms with Crippen molar-refractivity contribution in [2.24, 2.45) is 0 Å². The lowest BCUT2D eigenvalue weighted by Gasteiger charge is -2.26. The van der Waals surface area contributed by atoms with Crippen molar-refractivity contribution in [3.05, 3.63) is 18.6 Å². The van der Waals surface area contributed by atoms with Crippen LogP contribution in [0.5, 0.6) is 0 Å². The third-order valence-corrected chi connectivity index (χ3v) is 2.62. The molecule has 98 valence electrons. The first kappa shape index (κ1) is 12.7. The summed E-state index contributed by atoms with van der Waals surface area (Å²) in [6, 6.07) is -0.260. The Kier molecular flexibility index (Phi) is 4.86. The number of ether oxygens (including phenoxy) is 1. The average Bonchev–Trinajstić information content (AvgIpc) is 2.41. The molecule has 1 aromatic heterocycles. The van der Waals surface area contributed by atoms with E-state index >= 15 is 0 Å². The van der Waals surface area contributed by atoms with E-state index in [-0.39, 0.29) is 6.03 Å². The molecule has 0 unspecified atom stereocenters. The highest BCUT2D eigenvalue weighted by Gasteiger charge is 2.10. The zero-order valence-corrected chi connectivity index (χ0v) is 10.1. The van der Waals surface area contributed by atoms with Gasteiger partial charge in [-0.1, -0.05) is 0 Å². The summed E-state index contributed by atoms with van der Waals surface area (Å²) in [6.45, 7) is 4.82. The second kappa shape index (κ2) is 6.87. The van der Waals surface area contributed by atoms with Crippen LogP contribution >= 0.6 is 0 Å². The van der Waals surface area contributed by atoms with E-state index in [4.69, 9.17) is 4.74 Å². The third-order valence-electron chi connectivity index (χ3n) is 2.62. The number of urea groups is 1. The summed E-state index contributed by atoms with van der Waals surface area (Å²) in [4.78, 5) is 21.6. The van der Waals surface area contributed by atoms with Crippen molar-refractivity contribution in [2.45, 2.75) is 0 Å². The first-order chi connectivity index (χ1) is 8.84. The second-order valence-corrected chi connectivity index (χ2v) is 3.93. The fraction of sp³-hybridized carbons (Fsp3) is 0.545. The van der Waals surface area contributed by atoms with Gasteiger partial charge in [0.25, 0.3) is 0 Å². The van der Waals surface area contributed by atoms with Crippen LogP contribution in [0.25, 0.3) is 0 Å². The predicted octanol–water partition coefficient (Wildman–Crippen LogP) is -0.0697. The summed E-state index contributed by atoms with van der Waals surface area (Å²) in [7, 11) is 0. The first-order valence-corrected chi connectivity index (χ1v) is 5.95. The maximum absolute atomic E-state index is 11.5. The van der Waals surface area contributed by atoms with E-state index in [1.807, 2.05) is 0 Å². The molecule has 0 aliphatic carbocycles. The van der Waals surface area contributed by atoms with E-state index in [0.717, 1.165) is 32.8 Å². The number of carbonyl (C=O) groups excluding carboxylic acids is 1.